The monoisotopic (exact) mass is 425 g/mol. The molecule has 0 spiro atoms. The van der Waals surface area contributed by atoms with E-state index in [1.165, 1.54) is 11.1 Å². The number of benzene rings is 3. The third-order valence-corrected chi connectivity index (χ3v) is 7.32. The molecule has 2 aliphatic heterocycles. The van der Waals surface area contributed by atoms with Gasteiger partial charge in [-0.25, -0.2) is 4.98 Å². The zero-order valence-corrected chi connectivity index (χ0v) is 18.8. The Balaban J connectivity index is 1.46. The summed E-state index contributed by atoms with van der Waals surface area (Å²) in [5.41, 5.74) is 7.84. The van der Waals surface area contributed by atoms with Crippen molar-refractivity contribution < 1.29 is 9.47 Å². The van der Waals surface area contributed by atoms with Gasteiger partial charge in [0.05, 0.1) is 36.4 Å². The number of hydrogen-bond acceptors (Lipinski definition) is 4. The van der Waals surface area contributed by atoms with Crippen LogP contribution in [0.1, 0.15) is 36.6 Å². The van der Waals surface area contributed by atoms with Crippen LogP contribution in [-0.4, -0.2) is 23.7 Å². The van der Waals surface area contributed by atoms with Crippen LogP contribution >= 0.6 is 0 Å². The zero-order chi connectivity index (χ0) is 22.0. The number of rotatable bonds is 2. The van der Waals surface area contributed by atoms with Gasteiger partial charge in [0.1, 0.15) is 17.3 Å². The van der Waals surface area contributed by atoms with Gasteiger partial charge in [0.15, 0.2) is 0 Å². The standard InChI is InChI=1S/C27H27N3O2/c1-15-7-5-8-20-24(15)30-26(29-20)16-11-12-19-17(13-16)27(2,3)18-14-32-22-10-6-9-21(31-4)23(22)25(18)28-19/h5-13,18,25,28H,14H2,1-4H3,(H,29,30). The Kier molecular flexibility index (Phi) is 4.06. The van der Waals surface area contributed by atoms with Gasteiger partial charge >= 0.3 is 0 Å². The Hall–Kier alpha value is -3.47. The van der Waals surface area contributed by atoms with Gasteiger partial charge in [-0.15, -0.1) is 0 Å². The number of ether oxygens (including phenoxy) is 2. The van der Waals surface area contributed by atoms with E-state index in [0.717, 1.165) is 45.2 Å². The predicted octanol–water partition coefficient (Wildman–Crippen LogP) is 6.00. The average molecular weight is 426 g/mol. The van der Waals surface area contributed by atoms with Crippen molar-refractivity contribution in [1.82, 2.24) is 9.97 Å². The summed E-state index contributed by atoms with van der Waals surface area (Å²) in [6, 6.07) is 19.0. The molecule has 6 rings (SSSR count). The summed E-state index contributed by atoms with van der Waals surface area (Å²) in [6.45, 7) is 7.40. The van der Waals surface area contributed by atoms with Crippen molar-refractivity contribution in [2.24, 2.45) is 5.92 Å². The van der Waals surface area contributed by atoms with E-state index in [0.29, 0.717) is 6.61 Å². The first-order chi connectivity index (χ1) is 15.5. The van der Waals surface area contributed by atoms with Crippen molar-refractivity contribution in [3.8, 4) is 22.9 Å². The SMILES string of the molecule is COc1cccc2c1C1Nc3ccc(-c4nc5c(C)cccc5[nH]4)cc3C(C)(C)C1CO2. The summed E-state index contributed by atoms with van der Waals surface area (Å²) in [4.78, 5) is 8.39. The number of methoxy groups -OCH3 is 1. The molecule has 3 aromatic carbocycles. The van der Waals surface area contributed by atoms with Gasteiger partial charge in [-0.3, -0.25) is 0 Å². The fraction of sp³-hybridized carbons (Fsp3) is 0.296. The molecule has 0 bridgehead atoms. The highest BCUT2D eigenvalue weighted by molar-refractivity contribution is 5.82. The number of anilines is 1. The molecule has 2 atom stereocenters. The number of aryl methyl sites for hydroxylation is 1. The molecule has 0 radical (unpaired) electrons. The van der Waals surface area contributed by atoms with Gasteiger partial charge in [-0.05, 0) is 54.4 Å². The zero-order valence-electron chi connectivity index (χ0n) is 18.8. The van der Waals surface area contributed by atoms with Crippen molar-refractivity contribution in [2.75, 3.05) is 19.0 Å². The maximum absolute atomic E-state index is 6.22. The molecule has 2 unspecified atom stereocenters. The quantitative estimate of drug-likeness (QED) is 0.414. The Morgan fingerprint density at radius 3 is 2.75 bits per heavy atom. The fourth-order valence-corrected chi connectivity index (χ4v) is 5.44. The minimum absolute atomic E-state index is 0.0955. The summed E-state index contributed by atoms with van der Waals surface area (Å²) in [6.07, 6.45) is 0. The van der Waals surface area contributed by atoms with Crippen molar-refractivity contribution in [3.05, 3.63) is 71.3 Å². The fourth-order valence-electron chi connectivity index (χ4n) is 5.44. The lowest BCUT2D eigenvalue weighted by molar-refractivity contribution is 0.133. The molecule has 0 aliphatic carbocycles. The second kappa shape index (κ2) is 6.76. The summed E-state index contributed by atoms with van der Waals surface area (Å²) in [7, 11) is 1.72. The molecule has 0 fully saturated rings. The smallest absolute Gasteiger partial charge is 0.138 e. The van der Waals surface area contributed by atoms with Crippen LogP contribution < -0.4 is 14.8 Å². The second-order valence-electron chi connectivity index (χ2n) is 9.45. The van der Waals surface area contributed by atoms with Crippen LogP contribution in [-0.2, 0) is 5.41 Å². The Morgan fingerprint density at radius 1 is 1.09 bits per heavy atom. The Labute approximate surface area is 187 Å². The molecular formula is C27H27N3O2. The number of H-pyrrole nitrogens is 1. The van der Waals surface area contributed by atoms with E-state index < -0.39 is 0 Å². The van der Waals surface area contributed by atoms with E-state index in [-0.39, 0.29) is 17.4 Å². The first-order valence-corrected chi connectivity index (χ1v) is 11.1. The summed E-state index contributed by atoms with van der Waals surface area (Å²) < 4.78 is 11.9. The van der Waals surface area contributed by atoms with Crippen LogP contribution in [0.2, 0.25) is 0 Å². The van der Waals surface area contributed by atoms with Crippen molar-refractivity contribution in [1.29, 1.82) is 0 Å². The Bertz CT molecular complexity index is 1340. The van der Waals surface area contributed by atoms with E-state index >= 15 is 0 Å². The lowest BCUT2D eigenvalue weighted by Gasteiger charge is -2.48. The first kappa shape index (κ1) is 19.2. The summed E-state index contributed by atoms with van der Waals surface area (Å²) in [5, 5.41) is 3.81. The molecular weight excluding hydrogens is 398 g/mol. The average Bonchev–Trinajstić information content (AvgIpc) is 3.24. The first-order valence-electron chi connectivity index (χ1n) is 11.1. The molecule has 4 aromatic rings. The molecule has 5 nitrogen and oxygen atoms in total. The molecule has 0 saturated carbocycles. The molecule has 2 aliphatic rings. The minimum Gasteiger partial charge on any atom is -0.496 e. The third kappa shape index (κ3) is 2.67. The maximum atomic E-state index is 6.22. The molecule has 32 heavy (non-hydrogen) atoms. The molecule has 0 saturated heterocycles. The molecule has 162 valence electrons. The van der Waals surface area contributed by atoms with Crippen LogP contribution in [0.5, 0.6) is 11.5 Å². The Morgan fingerprint density at radius 2 is 1.94 bits per heavy atom. The number of imidazole rings is 1. The highest BCUT2D eigenvalue weighted by atomic mass is 16.5. The van der Waals surface area contributed by atoms with E-state index in [1.54, 1.807) is 7.11 Å². The summed E-state index contributed by atoms with van der Waals surface area (Å²) in [5.74, 6) is 2.96. The number of nitrogens with zero attached hydrogens (tertiary/aromatic N) is 1. The van der Waals surface area contributed by atoms with Gasteiger partial charge in [-0.1, -0.05) is 32.0 Å². The normalized spacial score (nSPS) is 20.5. The van der Waals surface area contributed by atoms with E-state index in [4.69, 9.17) is 14.5 Å². The highest BCUT2D eigenvalue weighted by Crippen LogP contribution is 2.54. The van der Waals surface area contributed by atoms with Gasteiger partial charge in [0.2, 0.25) is 0 Å². The lowest BCUT2D eigenvalue weighted by atomic mass is 9.65. The van der Waals surface area contributed by atoms with Crippen molar-refractivity contribution >= 4 is 16.7 Å². The largest absolute Gasteiger partial charge is 0.496 e. The van der Waals surface area contributed by atoms with E-state index in [2.05, 4.69) is 67.5 Å². The van der Waals surface area contributed by atoms with Crippen LogP contribution in [0.3, 0.4) is 0 Å². The third-order valence-electron chi connectivity index (χ3n) is 7.32. The molecule has 2 N–H and O–H groups in total. The van der Waals surface area contributed by atoms with Crippen LogP contribution in [0.15, 0.2) is 54.6 Å². The highest BCUT2D eigenvalue weighted by Gasteiger charge is 2.47. The van der Waals surface area contributed by atoms with Crippen LogP contribution in [0, 0.1) is 12.8 Å². The van der Waals surface area contributed by atoms with Gasteiger partial charge in [0.25, 0.3) is 0 Å². The molecule has 0 amide bonds. The van der Waals surface area contributed by atoms with E-state index in [9.17, 15) is 0 Å². The molecule has 3 heterocycles. The lowest BCUT2D eigenvalue weighted by Crippen LogP contribution is -2.46. The second-order valence-corrected chi connectivity index (χ2v) is 9.45. The van der Waals surface area contributed by atoms with Crippen LogP contribution in [0.4, 0.5) is 5.69 Å². The van der Waals surface area contributed by atoms with Crippen molar-refractivity contribution in [2.45, 2.75) is 32.2 Å². The van der Waals surface area contributed by atoms with Gasteiger partial charge in [-0.2, -0.15) is 0 Å². The molecule has 1 aromatic heterocycles. The number of aromatic amines is 1. The molecule has 5 heteroatoms. The van der Waals surface area contributed by atoms with Crippen LogP contribution in [0.25, 0.3) is 22.4 Å². The minimum atomic E-state index is -0.0955. The maximum Gasteiger partial charge on any atom is 0.138 e. The number of aromatic nitrogens is 2. The number of hydrogen-bond donors (Lipinski definition) is 2. The van der Waals surface area contributed by atoms with Crippen molar-refractivity contribution in [3.63, 3.8) is 0 Å². The van der Waals surface area contributed by atoms with Gasteiger partial charge < -0.3 is 19.8 Å². The number of nitrogens with one attached hydrogen (secondary N) is 2. The summed E-state index contributed by atoms with van der Waals surface area (Å²) >= 11 is 0. The number of fused-ring (bicyclic) bond motifs is 5. The topological polar surface area (TPSA) is 59.2 Å². The van der Waals surface area contributed by atoms with E-state index in [1.807, 2.05) is 18.2 Å². The predicted molar refractivity (Wildman–Crippen MR) is 128 cm³/mol. The number of para-hydroxylation sites is 1. The van der Waals surface area contributed by atoms with Gasteiger partial charge in [0, 0.05) is 22.6 Å².